The number of likely N-dealkylation sites (tertiary alicyclic amines) is 1. The van der Waals surface area contributed by atoms with E-state index in [1.54, 1.807) is 42.5 Å². The Hall–Kier alpha value is -4.66. The Balaban J connectivity index is 0.966. The number of nitrogens with zero attached hydrogens (tertiary/aromatic N) is 4. The second kappa shape index (κ2) is 19.2. The van der Waals surface area contributed by atoms with Gasteiger partial charge in [-0.05, 0) is 110 Å². The first kappa shape index (κ1) is 44.9. The molecule has 1 amide bonds. The van der Waals surface area contributed by atoms with Crippen LogP contribution in [0.25, 0.3) is 5.57 Å². The van der Waals surface area contributed by atoms with Crippen molar-refractivity contribution < 1.29 is 22.9 Å². The lowest BCUT2D eigenvalue weighted by Gasteiger charge is -2.39. The van der Waals surface area contributed by atoms with E-state index in [-0.39, 0.29) is 34.1 Å². The number of anilines is 2. The highest BCUT2D eigenvalue weighted by atomic mass is 35.5. The number of rotatable bonds is 13. The number of nitrogens with one attached hydrogen (secondary N) is 2. The average molecular weight is 916 g/mol. The third-order valence-corrected chi connectivity index (χ3v) is 15.1. The topological polar surface area (TPSA) is 137 Å². The van der Waals surface area contributed by atoms with E-state index in [0.717, 1.165) is 94.7 Å². The lowest BCUT2D eigenvalue weighted by Crippen LogP contribution is -2.47. The fourth-order valence-electron chi connectivity index (χ4n) is 9.61. The first-order valence-corrected chi connectivity index (χ1v) is 24.3. The number of piperazine rings is 1. The zero-order valence-electron chi connectivity index (χ0n) is 36.0. The van der Waals surface area contributed by atoms with Crippen LogP contribution < -0.4 is 19.7 Å². The van der Waals surface area contributed by atoms with E-state index in [1.165, 1.54) is 54.5 Å². The van der Waals surface area contributed by atoms with Gasteiger partial charge in [-0.15, -0.1) is 0 Å². The van der Waals surface area contributed by atoms with Crippen molar-refractivity contribution in [1.82, 2.24) is 14.5 Å². The fraction of sp³-hybridized carbons (Fsp3) is 0.438. The van der Waals surface area contributed by atoms with Gasteiger partial charge >= 0.3 is 0 Å². The van der Waals surface area contributed by atoms with Crippen molar-refractivity contribution in [2.75, 3.05) is 56.0 Å². The van der Waals surface area contributed by atoms with Gasteiger partial charge < -0.3 is 19.9 Å². The number of nitro groups is 1. The lowest BCUT2D eigenvalue weighted by atomic mass is 9.72. The van der Waals surface area contributed by atoms with Crippen molar-refractivity contribution in [3.05, 3.63) is 122 Å². The number of sulfonamides is 1. The van der Waals surface area contributed by atoms with Crippen LogP contribution in [0.4, 0.5) is 17.1 Å². The van der Waals surface area contributed by atoms with E-state index in [9.17, 15) is 23.3 Å². The van der Waals surface area contributed by atoms with Gasteiger partial charge in [0.15, 0.2) is 0 Å². The number of benzene rings is 4. The van der Waals surface area contributed by atoms with Gasteiger partial charge in [0.05, 0.1) is 20.4 Å². The number of piperidine rings is 1. The van der Waals surface area contributed by atoms with Crippen LogP contribution in [0.2, 0.25) is 10.0 Å². The van der Waals surface area contributed by atoms with E-state index in [0.29, 0.717) is 16.8 Å². The molecule has 4 aromatic carbocycles. The molecule has 0 bridgehead atoms. The Morgan fingerprint density at radius 1 is 0.873 bits per heavy atom. The zero-order chi connectivity index (χ0) is 44.3. The molecule has 2 saturated heterocycles. The van der Waals surface area contributed by atoms with Crippen LogP contribution in [0.3, 0.4) is 0 Å². The maximum atomic E-state index is 13.9. The highest BCUT2D eigenvalue weighted by molar-refractivity contribution is 7.90. The summed E-state index contributed by atoms with van der Waals surface area (Å²) in [5.74, 6) is -0.545. The predicted molar refractivity (Wildman–Crippen MR) is 251 cm³/mol. The van der Waals surface area contributed by atoms with Crippen LogP contribution in [0.15, 0.2) is 95.4 Å². The number of hydrogen-bond donors (Lipinski definition) is 2. The largest absolute Gasteiger partial charge is 0.455 e. The molecule has 1 saturated carbocycles. The number of para-hydroxylation sites is 1. The van der Waals surface area contributed by atoms with E-state index >= 15 is 0 Å². The van der Waals surface area contributed by atoms with Crippen molar-refractivity contribution in [1.29, 1.82) is 0 Å². The van der Waals surface area contributed by atoms with Gasteiger partial charge in [-0.2, -0.15) is 0 Å². The van der Waals surface area contributed by atoms with Gasteiger partial charge in [0, 0.05) is 80.7 Å². The Morgan fingerprint density at radius 2 is 1.59 bits per heavy atom. The van der Waals surface area contributed by atoms with Crippen molar-refractivity contribution in [2.45, 2.75) is 88.6 Å². The molecule has 0 aromatic heterocycles. The Kier molecular flexibility index (Phi) is 13.7. The minimum atomic E-state index is -4.55. The summed E-state index contributed by atoms with van der Waals surface area (Å²) in [5, 5.41) is 16.6. The van der Waals surface area contributed by atoms with Crippen LogP contribution in [0.1, 0.15) is 87.6 Å². The molecule has 2 N–H and O–H groups in total. The number of hydrogen-bond acceptors (Lipinski definition) is 10. The minimum Gasteiger partial charge on any atom is -0.455 e. The van der Waals surface area contributed by atoms with Crippen LogP contribution in [0.5, 0.6) is 11.5 Å². The summed E-state index contributed by atoms with van der Waals surface area (Å²) >= 11 is 12.7. The maximum Gasteiger partial charge on any atom is 0.293 e. The Morgan fingerprint density at radius 3 is 2.29 bits per heavy atom. The summed E-state index contributed by atoms with van der Waals surface area (Å²) in [5.41, 5.74) is 4.97. The number of halogens is 2. The second-order valence-corrected chi connectivity index (χ2v) is 20.7. The van der Waals surface area contributed by atoms with Crippen molar-refractivity contribution >= 4 is 61.8 Å². The molecule has 15 heteroatoms. The molecule has 334 valence electrons. The summed E-state index contributed by atoms with van der Waals surface area (Å²) in [6.45, 7) is 10.5. The number of ether oxygens (including phenoxy) is 1. The molecule has 0 spiro atoms. The summed E-state index contributed by atoms with van der Waals surface area (Å²) in [6, 6.07) is 24.4. The summed E-state index contributed by atoms with van der Waals surface area (Å²) in [6.07, 6.45) is 9.84. The first-order valence-electron chi connectivity index (χ1n) is 22.1. The molecule has 12 nitrogen and oxygen atoms in total. The third-order valence-electron chi connectivity index (χ3n) is 13.2. The highest BCUT2D eigenvalue weighted by Crippen LogP contribution is 2.44. The van der Waals surface area contributed by atoms with E-state index in [1.807, 2.05) is 12.1 Å². The minimum absolute atomic E-state index is 0.0212. The van der Waals surface area contributed by atoms with Crippen molar-refractivity contribution in [2.24, 2.45) is 5.41 Å². The highest BCUT2D eigenvalue weighted by Gasteiger charge is 2.32. The van der Waals surface area contributed by atoms with Gasteiger partial charge in [-0.3, -0.25) is 19.8 Å². The number of nitro benzene ring substituents is 1. The molecule has 4 aliphatic rings. The molecular formula is C48H56Cl2N6O6S. The average Bonchev–Trinajstić information content (AvgIpc) is 3.81. The van der Waals surface area contributed by atoms with Crippen LogP contribution in [-0.4, -0.2) is 86.9 Å². The van der Waals surface area contributed by atoms with E-state index in [4.69, 9.17) is 27.9 Å². The third kappa shape index (κ3) is 10.8. The number of carbonyl (C=O) groups is 1. The molecular weight excluding hydrogens is 860 g/mol. The second-order valence-electron chi connectivity index (χ2n) is 18.2. The molecule has 0 unspecified atom stereocenters. The molecule has 8 rings (SSSR count). The SMILES string of the molecule is CC1(C)CCC(CN2CCN(c3ccc(C(=O)NS(=O)(=O)c4ccc(NC5CCN(C6CCCC6)CC5)c([N+](=O)[O-])c4)c(Oc4ccccc4Cl)c3)CC2)=C(c2ccc(Cl)cc2)C1. The number of allylic oxidation sites excluding steroid dienone is 1. The molecule has 4 aromatic rings. The first-order chi connectivity index (χ1) is 30.2. The normalized spacial score (nSPS) is 19.3. The van der Waals surface area contributed by atoms with Crippen LogP contribution in [-0.2, 0) is 10.0 Å². The van der Waals surface area contributed by atoms with Gasteiger partial charge in [-0.1, -0.05) is 79.7 Å². The predicted octanol–water partition coefficient (Wildman–Crippen LogP) is 10.4. The molecule has 0 atom stereocenters. The van der Waals surface area contributed by atoms with Gasteiger partial charge in [0.25, 0.3) is 21.6 Å². The van der Waals surface area contributed by atoms with E-state index < -0.39 is 25.7 Å². The molecule has 2 aliphatic carbocycles. The Labute approximate surface area is 380 Å². The maximum absolute atomic E-state index is 13.9. The summed E-state index contributed by atoms with van der Waals surface area (Å²) in [4.78, 5) is 32.4. The summed E-state index contributed by atoms with van der Waals surface area (Å²) in [7, 11) is -4.55. The zero-order valence-corrected chi connectivity index (χ0v) is 38.3. The van der Waals surface area contributed by atoms with Gasteiger partial charge in [0.1, 0.15) is 17.2 Å². The van der Waals surface area contributed by atoms with Crippen molar-refractivity contribution in [3.63, 3.8) is 0 Å². The summed E-state index contributed by atoms with van der Waals surface area (Å²) < 4.78 is 35.9. The van der Waals surface area contributed by atoms with Crippen LogP contribution in [0, 0.1) is 15.5 Å². The molecule has 3 fully saturated rings. The Bertz CT molecular complexity index is 2460. The standard InChI is InChI=1S/C48H56Cl2N6O6S/c1-48(2)22-19-34(41(31-48)33-11-13-35(49)14-12-33)32-53-25-27-55(28-26-53)38-15-17-40(46(29-38)62-45-10-6-5-9-42(45)50)47(57)52-63(60,61)39-16-18-43(44(30-39)56(58)59)51-36-20-23-54(24-21-36)37-7-3-4-8-37/h5-6,9-18,29-30,36-37,51H,3-4,7-8,19-28,31-32H2,1-2H3,(H,52,57). The van der Waals surface area contributed by atoms with Gasteiger partial charge in [-0.25, -0.2) is 13.1 Å². The number of carbonyl (C=O) groups excluding carboxylic acids is 1. The molecule has 2 aliphatic heterocycles. The lowest BCUT2D eigenvalue weighted by molar-refractivity contribution is -0.384. The number of amides is 1. The van der Waals surface area contributed by atoms with Gasteiger partial charge in [0.2, 0.25) is 0 Å². The smallest absolute Gasteiger partial charge is 0.293 e. The van der Waals surface area contributed by atoms with E-state index in [2.05, 4.69) is 50.7 Å². The monoisotopic (exact) mass is 914 g/mol. The van der Waals surface area contributed by atoms with Crippen LogP contribution >= 0.6 is 23.2 Å². The molecule has 63 heavy (non-hydrogen) atoms. The van der Waals surface area contributed by atoms with Crippen molar-refractivity contribution in [3.8, 4) is 11.5 Å². The quantitative estimate of drug-likeness (QED) is 0.0985. The molecule has 2 heterocycles. The molecule has 0 radical (unpaired) electrons. The fourth-order valence-corrected chi connectivity index (χ4v) is 10.9.